The van der Waals surface area contributed by atoms with Gasteiger partial charge in [-0.05, 0) is 34.8 Å². The van der Waals surface area contributed by atoms with Crippen molar-refractivity contribution in [3.05, 3.63) is 22.9 Å². The zero-order valence-corrected chi connectivity index (χ0v) is 12.5. The summed E-state index contributed by atoms with van der Waals surface area (Å²) in [4.78, 5) is 17.7. The van der Waals surface area contributed by atoms with Crippen LogP contribution in [0.25, 0.3) is 0 Å². The summed E-state index contributed by atoms with van der Waals surface area (Å²) in [6.07, 6.45) is 5.15. The molecule has 1 unspecified atom stereocenters. The largest absolute Gasteiger partial charge is 0.388 e. The Morgan fingerprint density at radius 2 is 2.42 bits per heavy atom. The van der Waals surface area contributed by atoms with Crippen LogP contribution >= 0.6 is 15.9 Å². The number of nitrogens with one attached hydrogen (secondary N) is 1. The Hall–Kier alpha value is -1.14. The minimum atomic E-state index is -0.958. The van der Waals surface area contributed by atoms with Gasteiger partial charge in [-0.2, -0.15) is 0 Å². The highest BCUT2D eigenvalue weighted by molar-refractivity contribution is 9.10. The summed E-state index contributed by atoms with van der Waals surface area (Å²) in [6.45, 7) is 1.33. The number of hydrogen-bond donors (Lipinski definition) is 2. The minimum absolute atomic E-state index is 0.128. The summed E-state index contributed by atoms with van der Waals surface area (Å²) in [5.41, 5.74) is 0.00474. The molecule has 1 atom stereocenters. The predicted octanol–water partition coefficient (Wildman–Crippen LogP) is 1.31. The first kappa shape index (κ1) is 14.3. The lowest BCUT2D eigenvalue weighted by molar-refractivity contribution is -0.125. The molecule has 2 rings (SSSR count). The van der Waals surface area contributed by atoms with Gasteiger partial charge in [-0.3, -0.25) is 9.78 Å². The number of carbonyl (C=O) groups is 1. The lowest BCUT2D eigenvalue weighted by Crippen LogP contribution is -2.50. The van der Waals surface area contributed by atoms with Crippen molar-refractivity contribution in [1.82, 2.24) is 10.3 Å². The second-order valence-corrected chi connectivity index (χ2v) is 5.88. The Kier molecular flexibility index (Phi) is 4.42. The van der Waals surface area contributed by atoms with Crippen LogP contribution in [-0.4, -0.2) is 41.7 Å². The molecule has 1 amide bonds. The van der Waals surface area contributed by atoms with Crippen molar-refractivity contribution in [2.24, 2.45) is 0 Å². The number of piperidine rings is 1. The van der Waals surface area contributed by atoms with E-state index in [1.807, 2.05) is 6.07 Å². The van der Waals surface area contributed by atoms with Gasteiger partial charge in [0, 0.05) is 30.8 Å². The van der Waals surface area contributed by atoms with Crippen molar-refractivity contribution in [3.63, 3.8) is 0 Å². The molecule has 0 aromatic carbocycles. The summed E-state index contributed by atoms with van der Waals surface area (Å²) in [6, 6.07) is 1.97. The maximum atomic E-state index is 11.5. The first-order chi connectivity index (χ1) is 9.02. The zero-order chi connectivity index (χ0) is 13.9. The van der Waals surface area contributed by atoms with Gasteiger partial charge in [0.1, 0.15) is 0 Å². The molecule has 5 nitrogen and oxygen atoms in total. The molecule has 0 aliphatic carbocycles. The average molecular weight is 328 g/mol. The second-order valence-electron chi connectivity index (χ2n) is 4.96. The van der Waals surface area contributed by atoms with Crippen molar-refractivity contribution in [2.45, 2.75) is 24.9 Å². The molecular formula is C13H18BrN3O2. The molecule has 1 aliphatic rings. The third-order valence-corrected chi connectivity index (χ3v) is 3.81. The minimum Gasteiger partial charge on any atom is -0.388 e. The van der Waals surface area contributed by atoms with Crippen LogP contribution < -0.4 is 10.2 Å². The molecule has 1 aromatic heterocycles. The molecule has 1 aliphatic heterocycles. The molecule has 6 heteroatoms. The van der Waals surface area contributed by atoms with Gasteiger partial charge < -0.3 is 15.3 Å². The smallest absolute Gasteiger partial charge is 0.222 e. The van der Waals surface area contributed by atoms with Gasteiger partial charge in [0.15, 0.2) is 0 Å². The van der Waals surface area contributed by atoms with Crippen molar-refractivity contribution >= 4 is 27.5 Å². The lowest BCUT2D eigenvalue weighted by atomic mass is 9.89. The maximum absolute atomic E-state index is 11.5. The van der Waals surface area contributed by atoms with Gasteiger partial charge in [0.05, 0.1) is 23.9 Å². The second kappa shape index (κ2) is 5.88. The Bertz CT molecular complexity index is 469. The van der Waals surface area contributed by atoms with E-state index in [1.54, 1.807) is 19.4 Å². The number of aliphatic hydroxyl groups is 1. The van der Waals surface area contributed by atoms with Crippen LogP contribution in [0.5, 0.6) is 0 Å². The fraction of sp³-hybridized carbons (Fsp3) is 0.538. The quantitative estimate of drug-likeness (QED) is 0.878. The Balaban J connectivity index is 2.10. The molecule has 2 N–H and O–H groups in total. The molecule has 0 radical (unpaired) electrons. The van der Waals surface area contributed by atoms with Crippen molar-refractivity contribution in [2.75, 3.05) is 25.0 Å². The molecule has 19 heavy (non-hydrogen) atoms. The van der Waals surface area contributed by atoms with E-state index in [1.165, 1.54) is 0 Å². The van der Waals surface area contributed by atoms with Crippen LogP contribution in [0.15, 0.2) is 22.9 Å². The van der Waals surface area contributed by atoms with E-state index >= 15 is 0 Å². The monoisotopic (exact) mass is 327 g/mol. The SMILES string of the molecule is CNC(=O)CC1(O)CCCN(c2cncc(Br)c2)C1. The van der Waals surface area contributed by atoms with Gasteiger partial charge in [0.2, 0.25) is 5.91 Å². The number of nitrogens with zero attached hydrogens (tertiary/aromatic N) is 2. The Morgan fingerprint density at radius 3 is 3.11 bits per heavy atom. The third kappa shape index (κ3) is 3.67. The number of amides is 1. The first-order valence-corrected chi connectivity index (χ1v) is 7.10. The molecule has 2 heterocycles. The van der Waals surface area contributed by atoms with Crippen LogP contribution in [0, 0.1) is 0 Å². The standard InChI is InChI=1S/C13H18BrN3O2/c1-15-12(18)6-13(19)3-2-4-17(9-13)11-5-10(14)7-16-8-11/h5,7-8,19H,2-4,6,9H2,1H3,(H,15,18). The Labute approximate surface area is 121 Å². The van der Waals surface area contributed by atoms with Gasteiger partial charge in [-0.25, -0.2) is 0 Å². The number of aromatic nitrogens is 1. The number of hydrogen-bond acceptors (Lipinski definition) is 4. The molecule has 1 saturated heterocycles. The molecule has 1 fully saturated rings. The maximum Gasteiger partial charge on any atom is 0.222 e. The van der Waals surface area contributed by atoms with E-state index in [4.69, 9.17) is 0 Å². The highest BCUT2D eigenvalue weighted by atomic mass is 79.9. The van der Waals surface area contributed by atoms with Crippen molar-refractivity contribution in [3.8, 4) is 0 Å². The zero-order valence-electron chi connectivity index (χ0n) is 10.9. The third-order valence-electron chi connectivity index (χ3n) is 3.38. The topological polar surface area (TPSA) is 65.5 Å². The van der Waals surface area contributed by atoms with Gasteiger partial charge in [-0.15, -0.1) is 0 Å². The molecule has 104 valence electrons. The number of carbonyl (C=O) groups excluding carboxylic acids is 1. The van der Waals surface area contributed by atoms with Crippen LogP contribution in [-0.2, 0) is 4.79 Å². The van der Waals surface area contributed by atoms with Crippen LogP contribution in [0.2, 0.25) is 0 Å². The number of β-amino-alcohol motifs (C(OH)–C–C–N with tert-alkyl or cyclic N) is 1. The Morgan fingerprint density at radius 1 is 1.63 bits per heavy atom. The van der Waals surface area contributed by atoms with E-state index in [0.717, 1.165) is 23.1 Å². The van der Waals surface area contributed by atoms with Crippen LogP contribution in [0.3, 0.4) is 0 Å². The first-order valence-electron chi connectivity index (χ1n) is 6.31. The predicted molar refractivity (Wildman–Crippen MR) is 77.0 cm³/mol. The number of rotatable bonds is 3. The van der Waals surface area contributed by atoms with Gasteiger partial charge in [-0.1, -0.05) is 0 Å². The molecular weight excluding hydrogens is 310 g/mol. The summed E-state index contributed by atoms with van der Waals surface area (Å²) >= 11 is 3.39. The number of halogens is 1. The van der Waals surface area contributed by atoms with Crippen molar-refractivity contribution in [1.29, 1.82) is 0 Å². The lowest BCUT2D eigenvalue weighted by Gasteiger charge is -2.40. The number of anilines is 1. The summed E-state index contributed by atoms with van der Waals surface area (Å²) in [5, 5.41) is 13.1. The number of pyridine rings is 1. The normalized spacial score (nSPS) is 23.2. The van der Waals surface area contributed by atoms with E-state index in [0.29, 0.717) is 13.0 Å². The van der Waals surface area contributed by atoms with Crippen LogP contribution in [0.4, 0.5) is 5.69 Å². The fourth-order valence-electron chi connectivity index (χ4n) is 2.44. The van der Waals surface area contributed by atoms with Gasteiger partial charge in [0.25, 0.3) is 0 Å². The van der Waals surface area contributed by atoms with E-state index < -0.39 is 5.60 Å². The molecule has 0 saturated carbocycles. The van der Waals surface area contributed by atoms with Crippen molar-refractivity contribution < 1.29 is 9.90 Å². The fourth-order valence-corrected chi connectivity index (χ4v) is 2.79. The highest BCUT2D eigenvalue weighted by Gasteiger charge is 2.35. The van der Waals surface area contributed by atoms with E-state index in [9.17, 15) is 9.90 Å². The highest BCUT2D eigenvalue weighted by Crippen LogP contribution is 2.29. The summed E-state index contributed by atoms with van der Waals surface area (Å²) < 4.78 is 0.908. The van der Waals surface area contributed by atoms with Crippen LogP contribution in [0.1, 0.15) is 19.3 Å². The molecule has 0 spiro atoms. The molecule has 0 bridgehead atoms. The summed E-state index contributed by atoms with van der Waals surface area (Å²) in [7, 11) is 1.59. The molecule has 1 aromatic rings. The van der Waals surface area contributed by atoms with E-state index in [2.05, 4.69) is 31.1 Å². The summed E-state index contributed by atoms with van der Waals surface area (Å²) in [5.74, 6) is -0.128. The average Bonchev–Trinajstić information content (AvgIpc) is 2.38. The van der Waals surface area contributed by atoms with E-state index in [-0.39, 0.29) is 12.3 Å². The van der Waals surface area contributed by atoms with Gasteiger partial charge >= 0.3 is 0 Å².